The average molecular weight is 742 g/mol. The molecule has 5 rings (SSSR count). The predicted octanol–water partition coefficient (Wildman–Crippen LogP) is 4.21. The Labute approximate surface area is 305 Å². The number of morpholine rings is 1. The molecule has 0 bridgehead atoms. The summed E-state index contributed by atoms with van der Waals surface area (Å²) in [6.07, 6.45) is -1.73. The van der Waals surface area contributed by atoms with Crippen LogP contribution in [0.3, 0.4) is 0 Å². The fraction of sp³-hybridized carbons (Fsp3) is 0.486. The Bertz CT molecular complexity index is 1730. The number of amides is 4. The number of aromatic nitrogens is 1. The Morgan fingerprint density at radius 2 is 1.85 bits per heavy atom. The zero-order chi connectivity index (χ0) is 37.6. The van der Waals surface area contributed by atoms with Crippen molar-refractivity contribution in [3.05, 3.63) is 70.9 Å². The first kappa shape index (κ1) is 38.8. The molecule has 2 unspecified atom stereocenters. The number of ether oxygens (including phenoxy) is 2. The van der Waals surface area contributed by atoms with Crippen molar-refractivity contribution in [2.45, 2.75) is 84.4 Å². The molecule has 52 heavy (non-hydrogen) atoms. The number of benzene rings is 2. The van der Waals surface area contributed by atoms with Gasteiger partial charge in [0.05, 0.1) is 35.3 Å². The van der Waals surface area contributed by atoms with Gasteiger partial charge in [0.25, 0.3) is 0 Å². The molecule has 0 saturated carbocycles. The van der Waals surface area contributed by atoms with Crippen molar-refractivity contribution in [2.75, 3.05) is 26.2 Å². The molecule has 0 radical (unpaired) electrons. The van der Waals surface area contributed by atoms with Crippen LogP contribution in [-0.2, 0) is 30.5 Å². The minimum Gasteiger partial charge on any atom is -0.435 e. The molecule has 0 aliphatic carbocycles. The Morgan fingerprint density at radius 3 is 2.52 bits per heavy atom. The van der Waals surface area contributed by atoms with Crippen LogP contribution in [0, 0.1) is 12.3 Å². The third-order valence-corrected chi connectivity index (χ3v) is 10.1. The third-order valence-electron chi connectivity index (χ3n) is 9.15. The van der Waals surface area contributed by atoms with Gasteiger partial charge < -0.3 is 35.0 Å². The van der Waals surface area contributed by atoms with Gasteiger partial charge in [0.2, 0.25) is 23.6 Å². The number of hydrogen-bond donors (Lipinski definition) is 3. The van der Waals surface area contributed by atoms with E-state index in [2.05, 4.69) is 20.4 Å². The standard InChI is InChI=1S/C37H45F2N5O7S/c1-22-32(52-21-41-22)24-10-8-23(9-11-24)18-40-34(48)28-17-26(45)19-44(28)35(49)33(37(2,3)4)42-30(46)12-13-31(47)43-14-15-50-29(20-43)25-6-5-7-27(16-25)51-36(38)39/h5-11,16,21,26,28-29,33,36,45H,12-15,17-20H2,1-4H3,(H,40,48)(H,42,46)/t26-,28+,29?,33?/m1/s1. The van der Waals surface area contributed by atoms with Crippen LogP contribution in [0.25, 0.3) is 10.4 Å². The van der Waals surface area contributed by atoms with Gasteiger partial charge in [-0.15, -0.1) is 11.3 Å². The lowest BCUT2D eigenvalue weighted by atomic mass is 9.85. The van der Waals surface area contributed by atoms with Crippen LogP contribution in [0.1, 0.15) is 63.0 Å². The first-order chi connectivity index (χ1) is 24.7. The van der Waals surface area contributed by atoms with Gasteiger partial charge in [-0.25, -0.2) is 4.98 Å². The van der Waals surface area contributed by atoms with Gasteiger partial charge in [0.15, 0.2) is 0 Å². The van der Waals surface area contributed by atoms with Crippen LogP contribution >= 0.6 is 11.3 Å². The number of likely N-dealkylation sites (tertiary alicyclic amines) is 1. The number of rotatable bonds is 12. The Balaban J connectivity index is 1.15. The van der Waals surface area contributed by atoms with Crippen LogP contribution < -0.4 is 15.4 Å². The lowest BCUT2D eigenvalue weighted by Gasteiger charge is -2.35. The van der Waals surface area contributed by atoms with Gasteiger partial charge in [-0.3, -0.25) is 19.2 Å². The highest BCUT2D eigenvalue weighted by Crippen LogP contribution is 2.29. The monoisotopic (exact) mass is 741 g/mol. The normalized spacial score (nSPS) is 19.7. The molecule has 3 heterocycles. The third kappa shape index (κ3) is 9.89. The molecule has 2 aromatic carbocycles. The van der Waals surface area contributed by atoms with Crippen LogP contribution in [0.2, 0.25) is 0 Å². The summed E-state index contributed by atoms with van der Waals surface area (Å²) in [6, 6.07) is 11.9. The second-order valence-corrected chi connectivity index (χ2v) is 14.9. The number of aliphatic hydroxyl groups excluding tert-OH is 1. The van der Waals surface area contributed by atoms with Gasteiger partial charge in [-0.2, -0.15) is 8.78 Å². The molecule has 1 aromatic heterocycles. The Morgan fingerprint density at radius 1 is 1.10 bits per heavy atom. The van der Waals surface area contributed by atoms with Crippen molar-refractivity contribution in [1.29, 1.82) is 0 Å². The van der Waals surface area contributed by atoms with Gasteiger partial charge in [0, 0.05) is 38.9 Å². The summed E-state index contributed by atoms with van der Waals surface area (Å²) in [6.45, 7) is 5.19. The van der Waals surface area contributed by atoms with E-state index in [0.29, 0.717) is 12.1 Å². The number of nitrogens with one attached hydrogen (secondary N) is 2. The molecule has 12 nitrogen and oxygen atoms in total. The largest absolute Gasteiger partial charge is 0.435 e. The molecule has 4 atom stereocenters. The second kappa shape index (κ2) is 16.9. The van der Waals surface area contributed by atoms with E-state index in [9.17, 15) is 33.1 Å². The number of carbonyl (C=O) groups is 4. The van der Waals surface area contributed by atoms with Crippen molar-refractivity contribution in [1.82, 2.24) is 25.4 Å². The van der Waals surface area contributed by atoms with Crippen LogP contribution in [-0.4, -0.2) is 94.6 Å². The summed E-state index contributed by atoms with van der Waals surface area (Å²) in [5.41, 5.74) is 4.46. The highest BCUT2D eigenvalue weighted by atomic mass is 32.1. The van der Waals surface area contributed by atoms with E-state index in [1.807, 2.05) is 31.2 Å². The quantitative estimate of drug-likeness (QED) is 0.250. The zero-order valence-corrected chi connectivity index (χ0v) is 30.5. The maximum atomic E-state index is 14.0. The summed E-state index contributed by atoms with van der Waals surface area (Å²) in [4.78, 5) is 61.9. The number of alkyl halides is 2. The van der Waals surface area contributed by atoms with Gasteiger partial charge in [-0.05, 0) is 41.2 Å². The van der Waals surface area contributed by atoms with Crippen molar-refractivity contribution < 1.29 is 42.5 Å². The lowest BCUT2D eigenvalue weighted by molar-refractivity contribution is -0.144. The lowest BCUT2D eigenvalue weighted by Crippen LogP contribution is -2.57. The van der Waals surface area contributed by atoms with Crippen LogP contribution in [0.5, 0.6) is 5.75 Å². The van der Waals surface area contributed by atoms with E-state index in [4.69, 9.17) is 4.74 Å². The van der Waals surface area contributed by atoms with Crippen LogP contribution in [0.4, 0.5) is 8.78 Å². The molecule has 2 aliphatic rings. The molecular weight excluding hydrogens is 696 g/mol. The van der Waals surface area contributed by atoms with Gasteiger partial charge in [-0.1, -0.05) is 57.2 Å². The molecule has 2 fully saturated rings. The fourth-order valence-electron chi connectivity index (χ4n) is 6.36. The van der Waals surface area contributed by atoms with E-state index in [0.717, 1.165) is 21.7 Å². The summed E-state index contributed by atoms with van der Waals surface area (Å²) < 4.78 is 35.6. The van der Waals surface area contributed by atoms with Crippen molar-refractivity contribution in [3.63, 3.8) is 0 Å². The van der Waals surface area contributed by atoms with Gasteiger partial charge in [0.1, 0.15) is 23.9 Å². The number of nitrogens with zero attached hydrogens (tertiary/aromatic N) is 3. The molecule has 3 N–H and O–H groups in total. The molecular formula is C37H45F2N5O7S. The topological polar surface area (TPSA) is 150 Å². The van der Waals surface area contributed by atoms with E-state index in [-0.39, 0.29) is 57.2 Å². The number of carbonyl (C=O) groups excluding carboxylic acids is 4. The number of hydrogen-bond acceptors (Lipinski definition) is 9. The maximum absolute atomic E-state index is 14.0. The smallest absolute Gasteiger partial charge is 0.387 e. The molecule has 15 heteroatoms. The summed E-state index contributed by atoms with van der Waals surface area (Å²) in [5.74, 6) is -1.73. The number of aryl methyl sites for hydroxylation is 1. The second-order valence-electron chi connectivity index (χ2n) is 14.1. The molecule has 0 spiro atoms. The molecule has 4 amide bonds. The van der Waals surface area contributed by atoms with Crippen molar-refractivity contribution in [3.8, 4) is 16.2 Å². The summed E-state index contributed by atoms with van der Waals surface area (Å²) >= 11 is 1.56. The summed E-state index contributed by atoms with van der Waals surface area (Å²) in [7, 11) is 0. The molecule has 2 aliphatic heterocycles. The Hall–Kier alpha value is -4.47. The zero-order valence-electron chi connectivity index (χ0n) is 29.6. The fourth-order valence-corrected chi connectivity index (χ4v) is 7.17. The highest BCUT2D eigenvalue weighted by Gasteiger charge is 2.44. The number of halogens is 2. The maximum Gasteiger partial charge on any atom is 0.387 e. The van der Waals surface area contributed by atoms with E-state index >= 15 is 0 Å². The Kier molecular flexibility index (Phi) is 12.6. The van der Waals surface area contributed by atoms with E-state index < -0.39 is 54.0 Å². The molecule has 280 valence electrons. The van der Waals surface area contributed by atoms with Crippen LogP contribution in [0.15, 0.2) is 54.0 Å². The number of thiazole rings is 1. The van der Waals surface area contributed by atoms with E-state index in [1.165, 1.54) is 17.0 Å². The first-order valence-electron chi connectivity index (χ1n) is 17.2. The molecule has 3 aromatic rings. The van der Waals surface area contributed by atoms with E-state index in [1.54, 1.807) is 54.7 Å². The number of β-amino-alcohol motifs (C(OH)–C–C–N with tert-alkyl or cyclic N) is 1. The van der Waals surface area contributed by atoms with Crippen molar-refractivity contribution in [2.24, 2.45) is 5.41 Å². The highest BCUT2D eigenvalue weighted by molar-refractivity contribution is 7.13. The van der Waals surface area contributed by atoms with Crippen molar-refractivity contribution >= 4 is 35.0 Å². The van der Waals surface area contributed by atoms with Gasteiger partial charge >= 0.3 is 6.61 Å². The SMILES string of the molecule is Cc1ncsc1-c1ccc(CNC(=O)[C@@H]2C[C@@H](O)CN2C(=O)C(NC(=O)CCC(=O)N2CCOC(c3cccc(OC(F)F)c3)C2)C(C)(C)C)cc1. The summed E-state index contributed by atoms with van der Waals surface area (Å²) in [5, 5.41) is 16.2. The predicted molar refractivity (Wildman–Crippen MR) is 189 cm³/mol. The average Bonchev–Trinajstić information content (AvgIpc) is 3.73. The number of aliphatic hydroxyl groups is 1. The minimum absolute atomic E-state index is 0.0151. The minimum atomic E-state index is -2.97. The molecule has 2 saturated heterocycles. The first-order valence-corrected chi connectivity index (χ1v) is 18.1.